The smallest absolute Gasteiger partial charge is 0.282 e. The van der Waals surface area contributed by atoms with Gasteiger partial charge >= 0.3 is 0 Å². The highest BCUT2D eigenvalue weighted by atomic mass is 35.5. The SMILES string of the molecule is COc1ccc(S(=O)(=O)[C@H](CNC(=O)c2cc(Cl)ccc2[N+](=O)[O-])c2cccs2)cc1. The van der Waals surface area contributed by atoms with Crippen LogP contribution in [-0.2, 0) is 9.84 Å². The lowest BCUT2D eigenvalue weighted by atomic mass is 10.1. The van der Waals surface area contributed by atoms with E-state index in [4.69, 9.17) is 16.3 Å². The van der Waals surface area contributed by atoms with Gasteiger partial charge in [0.15, 0.2) is 9.84 Å². The average molecular weight is 481 g/mol. The second-order valence-electron chi connectivity index (χ2n) is 6.35. The molecule has 0 aliphatic heterocycles. The van der Waals surface area contributed by atoms with Crippen molar-refractivity contribution in [2.45, 2.75) is 10.1 Å². The van der Waals surface area contributed by atoms with Gasteiger partial charge in [0, 0.05) is 22.5 Å². The maximum absolute atomic E-state index is 13.3. The molecule has 0 unspecified atom stereocenters. The van der Waals surface area contributed by atoms with Gasteiger partial charge in [-0.3, -0.25) is 14.9 Å². The number of halogens is 1. The van der Waals surface area contributed by atoms with Gasteiger partial charge in [0.2, 0.25) is 0 Å². The maximum atomic E-state index is 13.3. The van der Waals surface area contributed by atoms with Crippen LogP contribution in [0.2, 0.25) is 5.02 Å². The monoisotopic (exact) mass is 480 g/mol. The largest absolute Gasteiger partial charge is 0.497 e. The summed E-state index contributed by atoms with van der Waals surface area (Å²) in [7, 11) is -2.41. The Morgan fingerprint density at radius 2 is 1.94 bits per heavy atom. The van der Waals surface area contributed by atoms with Gasteiger partial charge < -0.3 is 10.1 Å². The van der Waals surface area contributed by atoms with Crippen molar-refractivity contribution in [3.8, 4) is 5.75 Å². The number of sulfone groups is 1. The molecule has 0 aliphatic carbocycles. The molecule has 162 valence electrons. The van der Waals surface area contributed by atoms with Gasteiger partial charge in [0.25, 0.3) is 11.6 Å². The minimum absolute atomic E-state index is 0.0645. The molecule has 0 saturated heterocycles. The van der Waals surface area contributed by atoms with E-state index < -0.39 is 31.6 Å². The normalized spacial score (nSPS) is 12.2. The zero-order valence-corrected chi connectivity index (χ0v) is 18.5. The molecule has 0 spiro atoms. The van der Waals surface area contributed by atoms with Crippen LogP contribution in [0, 0.1) is 10.1 Å². The van der Waals surface area contributed by atoms with Crippen molar-refractivity contribution in [2.24, 2.45) is 0 Å². The minimum Gasteiger partial charge on any atom is -0.497 e. The number of nitrogens with zero attached hydrogens (tertiary/aromatic N) is 1. The van der Waals surface area contributed by atoms with E-state index in [2.05, 4.69) is 5.32 Å². The fourth-order valence-corrected chi connectivity index (χ4v) is 5.85. The van der Waals surface area contributed by atoms with Crippen LogP contribution in [0.3, 0.4) is 0 Å². The molecule has 0 saturated carbocycles. The lowest BCUT2D eigenvalue weighted by Crippen LogP contribution is -2.32. The molecule has 11 heteroatoms. The van der Waals surface area contributed by atoms with Crippen LogP contribution in [0.15, 0.2) is 64.9 Å². The van der Waals surface area contributed by atoms with Gasteiger partial charge in [0.05, 0.1) is 16.9 Å². The third-order valence-corrected chi connectivity index (χ3v) is 7.94. The maximum Gasteiger partial charge on any atom is 0.282 e. The molecule has 1 aromatic heterocycles. The summed E-state index contributed by atoms with van der Waals surface area (Å²) in [5, 5.41) is 14.5. The number of nitro benzene ring substituents is 1. The van der Waals surface area contributed by atoms with Crippen LogP contribution < -0.4 is 10.1 Å². The predicted molar refractivity (Wildman–Crippen MR) is 118 cm³/mol. The Bertz CT molecular complexity index is 1190. The number of nitrogens with one attached hydrogen (secondary N) is 1. The van der Waals surface area contributed by atoms with Crippen molar-refractivity contribution in [1.29, 1.82) is 0 Å². The number of rotatable bonds is 8. The molecule has 8 nitrogen and oxygen atoms in total. The lowest BCUT2D eigenvalue weighted by Gasteiger charge is -2.18. The Hall–Kier alpha value is -2.95. The van der Waals surface area contributed by atoms with Crippen molar-refractivity contribution < 1.29 is 22.9 Å². The number of thiophene rings is 1. The molecular weight excluding hydrogens is 464 g/mol. The number of carbonyl (C=O) groups is 1. The molecule has 31 heavy (non-hydrogen) atoms. The highest BCUT2D eigenvalue weighted by Crippen LogP contribution is 2.32. The molecule has 0 aliphatic rings. The van der Waals surface area contributed by atoms with Crippen LogP contribution in [0.1, 0.15) is 20.5 Å². The van der Waals surface area contributed by atoms with Gasteiger partial charge in [-0.1, -0.05) is 17.7 Å². The Balaban J connectivity index is 1.90. The molecule has 0 fully saturated rings. The average Bonchev–Trinajstić information content (AvgIpc) is 3.27. The second kappa shape index (κ2) is 9.46. The number of ether oxygens (including phenoxy) is 1. The second-order valence-corrected chi connectivity index (χ2v) is 9.90. The first-order valence-corrected chi connectivity index (χ1v) is 11.7. The first-order valence-electron chi connectivity index (χ1n) is 8.87. The fraction of sp³-hybridized carbons (Fsp3) is 0.150. The summed E-state index contributed by atoms with van der Waals surface area (Å²) >= 11 is 7.11. The number of carbonyl (C=O) groups excluding carboxylic acids is 1. The standard InChI is InChI=1S/C20H17ClN2O6S2/c1-29-14-5-7-15(8-6-14)31(27,28)19(18-3-2-10-30-18)12-22-20(24)16-11-13(21)4-9-17(16)23(25)26/h2-11,19H,12H2,1H3,(H,22,24)/t19-/m1/s1. The third-order valence-electron chi connectivity index (χ3n) is 4.47. The van der Waals surface area contributed by atoms with Crippen LogP contribution in [0.25, 0.3) is 0 Å². The number of nitro groups is 1. The quantitative estimate of drug-likeness (QED) is 0.380. The Labute approximate surface area is 187 Å². The predicted octanol–water partition coefficient (Wildman–Crippen LogP) is 4.26. The van der Waals surface area contributed by atoms with E-state index >= 15 is 0 Å². The summed E-state index contributed by atoms with van der Waals surface area (Å²) in [6.45, 7) is -0.280. The molecule has 0 bridgehead atoms. The van der Waals surface area contributed by atoms with E-state index in [9.17, 15) is 23.3 Å². The van der Waals surface area contributed by atoms with Crippen molar-refractivity contribution in [3.05, 3.63) is 85.6 Å². The van der Waals surface area contributed by atoms with Gasteiger partial charge in [-0.2, -0.15) is 0 Å². The lowest BCUT2D eigenvalue weighted by molar-refractivity contribution is -0.385. The molecule has 1 atom stereocenters. The fourth-order valence-electron chi connectivity index (χ4n) is 2.90. The van der Waals surface area contributed by atoms with Crippen molar-refractivity contribution >= 4 is 44.4 Å². The Kier molecular flexibility index (Phi) is 6.94. The van der Waals surface area contributed by atoms with Crippen LogP contribution in [0.4, 0.5) is 5.69 Å². The molecule has 1 N–H and O–H groups in total. The number of hydrogen-bond donors (Lipinski definition) is 1. The summed E-state index contributed by atoms with van der Waals surface area (Å²) in [5.41, 5.74) is -0.670. The van der Waals surface area contributed by atoms with Gasteiger partial charge in [-0.15, -0.1) is 11.3 Å². The van der Waals surface area contributed by atoms with E-state index in [-0.39, 0.29) is 22.0 Å². The van der Waals surface area contributed by atoms with Crippen LogP contribution in [0.5, 0.6) is 5.75 Å². The minimum atomic E-state index is -3.88. The van der Waals surface area contributed by atoms with Crippen molar-refractivity contribution in [1.82, 2.24) is 5.32 Å². The summed E-state index contributed by atoms with van der Waals surface area (Å²) in [4.78, 5) is 23.8. The summed E-state index contributed by atoms with van der Waals surface area (Å²) in [6.07, 6.45) is 0. The summed E-state index contributed by atoms with van der Waals surface area (Å²) in [5.74, 6) is -0.283. The third kappa shape index (κ3) is 5.04. The first kappa shape index (κ1) is 22.7. The Morgan fingerprint density at radius 1 is 1.23 bits per heavy atom. The highest BCUT2D eigenvalue weighted by molar-refractivity contribution is 7.91. The highest BCUT2D eigenvalue weighted by Gasteiger charge is 2.31. The van der Waals surface area contributed by atoms with Gasteiger partial charge in [-0.25, -0.2) is 8.42 Å². The first-order chi connectivity index (χ1) is 14.7. The van der Waals surface area contributed by atoms with E-state index in [0.717, 1.165) is 6.07 Å². The number of amides is 1. The molecule has 2 aromatic carbocycles. The molecular formula is C20H17ClN2O6S2. The number of benzene rings is 2. The summed E-state index contributed by atoms with van der Waals surface area (Å²) < 4.78 is 31.7. The van der Waals surface area contributed by atoms with Crippen LogP contribution in [-0.4, -0.2) is 32.9 Å². The molecule has 1 amide bonds. The van der Waals surface area contributed by atoms with Crippen molar-refractivity contribution in [2.75, 3.05) is 13.7 Å². The topological polar surface area (TPSA) is 116 Å². The number of hydrogen-bond acceptors (Lipinski definition) is 7. The Morgan fingerprint density at radius 3 is 2.52 bits per heavy atom. The number of methoxy groups -OCH3 is 1. The van der Waals surface area contributed by atoms with E-state index in [1.807, 2.05) is 0 Å². The molecule has 3 rings (SSSR count). The zero-order valence-electron chi connectivity index (χ0n) is 16.1. The zero-order chi connectivity index (χ0) is 22.6. The summed E-state index contributed by atoms with van der Waals surface area (Å²) in [6, 6.07) is 12.9. The van der Waals surface area contributed by atoms with Crippen molar-refractivity contribution in [3.63, 3.8) is 0 Å². The van der Waals surface area contributed by atoms with Crippen LogP contribution >= 0.6 is 22.9 Å². The molecule has 0 radical (unpaired) electrons. The van der Waals surface area contributed by atoms with E-state index in [0.29, 0.717) is 10.6 Å². The van der Waals surface area contributed by atoms with Gasteiger partial charge in [0.1, 0.15) is 16.6 Å². The van der Waals surface area contributed by atoms with E-state index in [1.54, 1.807) is 17.5 Å². The van der Waals surface area contributed by atoms with E-state index in [1.165, 1.54) is 54.8 Å². The molecule has 1 heterocycles. The molecule has 3 aromatic rings. The van der Waals surface area contributed by atoms with Gasteiger partial charge in [-0.05, 0) is 47.8 Å².